The van der Waals surface area contributed by atoms with E-state index in [1.54, 1.807) is 30.5 Å². The van der Waals surface area contributed by atoms with Crippen molar-refractivity contribution in [2.75, 3.05) is 23.7 Å². The van der Waals surface area contributed by atoms with E-state index in [0.29, 0.717) is 15.8 Å². The summed E-state index contributed by atoms with van der Waals surface area (Å²) in [6, 6.07) is 12.7. The highest BCUT2D eigenvalue weighted by Crippen LogP contribution is 2.28. The van der Waals surface area contributed by atoms with Gasteiger partial charge in [-0.15, -0.1) is 13.2 Å². The summed E-state index contributed by atoms with van der Waals surface area (Å²) in [6.45, 7) is 1.63. The Morgan fingerprint density at radius 1 is 1.00 bits per heavy atom. The number of hydrogen-bond acceptors (Lipinski definition) is 5. The molecular weight excluding hydrogens is 590 g/mol. The number of nitrogens with zero attached hydrogens (tertiary/aromatic N) is 2. The molecule has 2 heterocycles. The van der Waals surface area contributed by atoms with Crippen LogP contribution >= 0.6 is 22.6 Å². The van der Waals surface area contributed by atoms with Crippen LogP contribution in [-0.2, 0) is 4.43 Å². The Morgan fingerprint density at radius 2 is 1.69 bits per heavy atom. The van der Waals surface area contributed by atoms with Crippen molar-refractivity contribution < 1.29 is 27.5 Å². The van der Waals surface area contributed by atoms with Gasteiger partial charge in [-0.25, -0.2) is 4.98 Å². The normalized spacial score (nSPS) is 12.6. The van der Waals surface area contributed by atoms with Crippen LogP contribution in [0.3, 0.4) is 0 Å². The van der Waals surface area contributed by atoms with Gasteiger partial charge in [0.05, 0.1) is 11.3 Å². The van der Waals surface area contributed by atoms with E-state index in [1.165, 1.54) is 12.1 Å². The van der Waals surface area contributed by atoms with Crippen molar-refractivity contribution in [1.29, 1.82) is 5.41 Å². The van der Waals surface area contributed by atoms with Gasteiger partial charge in [-0.2, -0.15) is 0 Å². The van der Waals surface area contributed by atoms with Crippen molar-refractivity contribution in [1.82, 2.24) is 9.88 Å². The van der Waals surface area contributed by atoms with Gasteiger partial charge in [0, 0.05) is 34.8 Å². The fourth-order valence-electron chi connectivity index (χ4n) is 3.21. The number of pyridine rings is 1. The summed E-state index contributed by atoms with van der Waals surface area (Å²) in [5.74, 6) is -1.42. The molecule has 0 saturated carbocycles. The number of halogens is 4. The lowest BCUT2D eigenvalue weighted by atomic mass is 10.1. The van der Waals surface area contributed by atoms with Crippen molar-refractivity contribution in [3.63, 3.8) is 0 Å². The van der Waals surface area contributed by atoms with Crippen LogP contribution in [0.5, 0.6) is 5.75 Å². The van der Waals surface area contributed by atoms with E-state index in [-0.39, 0.29) is 22.6 Å². The molecule has 1 aliphatic heterocycles. The van der Waals surface area contributed by atoms with Gasteiger partial charge >= 0.3 is 6.36 Å². The molecule has 4 rings (SSSR count). The number of carbonyl (C=O) groups is 2. The second-order valence-corrected chi connectivity index (χ2v) is 8.52. The van der Waals surface area contributed by atoms with Crippen LogP contribution in [0.1, 0.15) is 31.8 Å². The molecule has 3 N–H and O–H groups in total. The number of anilines is 2. The summed E-state index contributed by atoms with van der Waals surface area (Å²) in [5, 5.41) is 13.1. The first-order valence-electron chi connectivity index (χ1n) is 10.6. The van der Waals surface area contributed by atoms with Crippen LogP contribution in [0, 0.1) is 5.41 Å². The molecule has 1 fully saturated rings. The molecule has 1 aliphatic rings. The molecule has 3 aromatic rings. The highest BCUT2D eigenvalue weighted by molar-refractivity contribution is 14.1. The highest BCUT2D eigenvalue weighted by atomic mass is 127. The van der Waals surface area contributed by atoms with Crippen LogP contribution in [-0.4, -0.2) is 47.0 Å². The molecule has 0 bridgehead atoms. The second kappa shape index (κ2) is 10.5. The fourth-order valence-corrected chi connectivity index (χ4v) is 3.66. The number of aromatic nitrogens is 1. The van der Waals surface area contributed by atoms with E-state index in [2.05, 4.69) is 42.9 Å². The second-order valence-electron chi connectivity index (χ2n) is 7.76. The molecule has 1 saturated heterocycles. The minimum atomic E-state index is -4.96. The Morgan fingerprint density at radius 3 is 2.28 bits per heavy atom. The Bertz CT molecular complexity index is 1290. The summed E-state index contributed by atoms with van der Waals surface area (Å²) in [6.07, 6.45) is -3.39. The lowest BCUT2D eigenvalue weighted by molar-refractivity contribution is -0.274. The van der Waals surface area contributed by atoms with Crippen LogP contribution in [0.25, 0.3) is 0 Å². The molecule has 0 aliphatic carbocycles. The molecule has 0 unspecified atom stereocenters. The standard InChI is InChI=1S/C24H19F3IN5O3/c25-24(26,27)36-17-6-7-19(18(11-17)23(35)32-20-8-1-14(12-28)13-30-20)31-22(34)16-4-2-15(3-5-16)21(29)33-9-10-33/h1-8,11,13,29H,9-10,12H2,(H,31,34)(H,30,32,35). The smallest absolute Gasteiger partial charge is 0.406 e. The molecule has 12 heteroatoms. The van der Waals surface area contributed by atoms with Crippen molar-refractivity contribution in [3.05, 3.63) is 83.0 Å². The number of alkyl halides is 4. The summed E-state index contributed by atoms with van der Waals surface area (Å²) in [5.41, 5.74) is 1.56. The molecule has 36 heavy (non-hydrogen) atoms. The summed E-state index contributed by atoms with van der Waals surface area (Å²) >= 11 is 2.16. The summed E-state index contributed by atoms with van der Waals surface area (Å²) in [7, 11) is 0. The first kappa shape index (κ1) is 25.4. The number of carbonyl (C=O) groups excluding carboxylic acids is 2. The molecular formula is C24H19F3IN5O3. The first-order chi connectivity index (χ1) is 17.1. The molecule has 0 atom stereocenters. The third kappa shape index (κ3) is 6.50. The Hall–Kier alpha value is -3.68. The number of rotatable bonds is 7. The third-order valence-corrected chi connectivity index (χ3v) is 6.00. The minimum Gasteiger partial charge on any atom is -0.406 e. The molecule has 186 valence electrons. The Balaban J connectivity index is 1.56. The zero-order valence-corrected chi connectivity index (χ0v) is 20.7. The predicted molar refractivity (Wildman–Crippen MR) is 136 cm³/mol. The quantitative estimate of drug-likeness (QED) is 0.114. The number of benzene rings is 2. The van der Waals surface area contributed by atoms with Gasteiger partial charge in [-0.3, -0.25) is 15.0 Å². The lowest BCUT2D eigenvalue weighted by Crippen LogP contribution is -2.21. The van der Waals surface area contributed by atoms with Crippen LogP contribution in [0.15, 0.2) is 60.8 Å². The van der Waals surface area contributed by atoms with Gasteiger partial charge in [0.1, 0.15) is 17.4 Å². The fraction of sp³-hybridized carbons (Fsp3) is 0.167. The van der Waals surface area contributed by atoms with E-state index in [9.17, 15) is 22.8 Å². The van der Waals surface area contributed by atoms with Crippen LogP contribution in [0.4, 0.5) is 24.7 Å². The van der Waals surface area contributed by atoms with Crippen molar-refractivity contribution in [2.45, 2.75) is 10.8 Å². The number of nitrogens with one attached hydrogen (secondary N) is 3. The van der Waals surface area contributed by atoms with Gasteiger partial charge in [-0.05, 0) is 42.0 Å². The SMILES string of the molecule is N=C(c1ccc(C(=O)Nc2ccc(OC(F)(F)F)cc2C(=O)Nc2ccc(CI)cn2)cc1)N1CC1. The van der Waals surface area contributed by atoms with Crippen LogP contribution < -0.4 is 15.4 Å². The maximum atomic E-state index is 12.9. The summed E-state index contributed by atoms with van der Waals surface area (Å²) < 4.78 is 42.9. The van der Waals surface area contributed by atoms with Gasteiger partial charge in [0.25, 0.3) is 11.8 Å². The van der Waals surface area contributed by atoms with Gasteiger partial charge < -0.3 is 20.3 Å². The third-order valence-electron chi connectivity index (χ3n) is 5.12. The van der Waals surface area contributed by atoms with E-state index in [1.807, 2.05) is 4.90 Å². The van der Waals surface area contributed by atoms with Crippen molar-refractivity contribution in [2.24, 2.45) is 0 Å². The van der Waals surface area contributed by atoms with Gasteiger partial charge in [0.15, 0.2) is 0 Å². The molecule has 2 aromatic carbocycles. The topological polar surface area (TPSA) is 107 Å². The lowest BCUT2D eigenvalue weighted by Gasteiger charge is -2.15. The summed E-state index contributed by atoms with van der Waals surface area (Å²) in [4.78, 5) is 31.7. The molecule has 0 spiro atoms. The van der Waals surface area contributed by atoms with Crippen LogP contribution in [0.2, 0.25) is 0 Å². The monoisotopic (exact) mass is 609 g/mol. The Kier molecular flexibility index (Phi) is 7.43. The molecule has 8 nitrogen and oxygen atoms in total. The zero-order chi connectivity index (χ0) is 25.9. The predicted octanol–water partition coefficient (Wildman–Crippen LogP) is 5.06. The van der Waals surface area contributed by atoms with E-state index >= 15 is 0 Å². The van der Waals surface area contributed by atoms with E-state index in [4.69, 9.17) is 5.41 Å². The average molecular weight is 609 g/mol. The van der Waals surface area contributed by atoms with Gasteiger partial charge in [-0.1, -0.05) is 40.8 Å². The van der Waals surface area contributed by atoms with E-state index < -0.39 is 23.9 Å². The molecule has 2 amide bonds. The number of hydrogen-bond donors (Lipinski definition) is 3. The number of amides is 2. The molecule has 0 radical (unpaired) electrons. The first-order valence-corrected chi connectivity index (χ1v) is 12.1. The molecule has 1 aromatic heterocycles. The number of amidine groups is 1. The largest absolute Gasteiger partial charge is 0.573 e. The number of ether oxygens (including phenoxy) is 1. The van der Waals surface area contributed by atoms with E-state index in [0.717, 1.165) is 36.9 Å². The van der Waals surface area contributed by atoms with Crippen molar-refractivity contribution >= 4 is 51.7 Å². The minimum absolute atomic E-state index is 0.0168. The van der Waals surface area contributed by atoms with Gasteiger partial charge in [0.2, 0.25) is 0 Å². The maximum Gasteiger partial charge on any atom is 0.573 e. The maximum absolute atomic E-state index is 12.9. The average Bonchev–Trinajstić information content (AvgIpc) is 3.70. The highest BCUT2D eigenvalue weighted by Gasteiger charge is 2.32. The van der Waals surface area contributed by atoms with Crippen molar-refractivity contribution in [3.8, 4) is 5.75 Å². The zero-order valence-electron chi connectivity index (χ0n) is 18.5. The Labute approximate surface area is 217 Å².